The maximum atomic E-state index is 12.2. The monoisotopic (exact) mass is 349 g/mol. The van der Waals surface area contributed by atoms with Gasteiger partial charge in [0.1, 0.15) is 0 Å². The lowest BCUT2D eigenvalue weighted by Crippen LogP contribution is -2.32. The summed E-state index contributed by atoms with van der Waals surface area (Å²) in [7, 11) is 1.53. The van der Waals surface area contributed by atoms with Crippen LogP contribution in [0.3, 0.4) is 0 Å². The molecule has 25 heavy (non-hydrogen) atoms. The Kier molecular flexibility index (Phi) is 7.84. The Morgan fingerprint density at radius 3 is 2.92 bits per heavy atom. The van der Waals surface area contributed by atoms with Crippen molar-refractivity contribution < 1.29 is 19.1 Å². The van der Waals surface area contributed by atoms with Crippen LogP contribution in [0.25, 0.3) is 0 Å². The average Bonchev–Trinajstić information content (AvgIpc) is 3.16. The number of methoxy groups -OCH3 is 1. The largest absolute Gasteiger partial charge is 0.380 e. The molecule has 0 spiro atoms. The molecule has 0 aromatic heterocycles. The summed E-state index contributed by atoms with van der Waals surface area (Å²) in [6, 6.07) is 7.21. The van der Waals surface area contributed by atoms with Gasteiger partial charge >= 0.3 is 0 Å². The van der Waals surface area contributed by atoms with Crippen molar-refractivity contribution in [3.8, 4) is 0 Å². The summed E-state index contributed by atoms with van der Waals surface area (Å²) < 4.78 is 10.6. The van der Waals surface area contributed by atoms with Gasteiger partial charge in [-0.25, -0.2) is 0 Å². The molecule has 2 amide bonds. The number of rotatable bonds is 9. The Morgan fingerprint density at radius 2 is 2.24 bits per heavy atom. The van der Waals surface area contributed by atoms with Crippen molar-refractivity contribution in [3.63, 3.8) is 0 Å². The number of hydrogen-bond acceptors (Lipinski definition) is 5. The molecule has 1 saturated heterocycles. The molecule has 1 aliphatic rings. The van der Waals surface area contributed by atoms with Gasteiger partial charge in [0.15, 0.2) is 0 Å². The lowest BCUT2D eigenvalue weighted by atomic mass is 10.1. The number of amides is 2. The fourth-order valence-corrected chi connectivity index (χ4v) is 2.68. The second-order valence-electron chi connectivity index (χ2n) is 6.12. The number of nitrogens with two attached hydrogens (primary N) is 1. The third kappa shape index (κ3) is 6.45. The molecule has 4 N–H and O–H groups in total. The Bertz CT molecular complexity index is 569. The molecule has 7 heteroatoms. The topological polar surface area (TPSA) is 103 Å². The lowest BCUT2D eigenvalue weighted by Gasteiger charge is -2.13. The molecule has 1 aromatic rings. The minimum atomic E-state index is -0.282. The van der Waals surface area contributed by atoms with Gasteiger partial charge in [-0.2, -0.15) is 0 Å². The molecule has 7 nitrogen and oxygen atoms in total. The standard InChI is InChI=1S/C18H27N3O4/c1-24-16(10-19)9-17(22)20-11-13-4-2-5-14(8-13)18(23)21-12-15-6-3-7-25-15/h2,4-5,8,15-16H,3,6-7,9-12,19H2,1H3,(H,20,22)(H,21,23). The van der Waals surface area contributed by atoms with Crippen LogP contribution in [-0.4, -0.2) is 50.8 Å². The number of benzene rings is 1. The van der Waals surface area contributed by atoms with Crippen LogP contribution in [0.4, 0.5) is 0 Å². The predicted molar refractivity (Wildman–Crippen MR) is 94.1 cm³/mol. The van der Waals surface area contributed by atoms with Crippen molar-refractivity contribution in [1.82, 2.24) is 10.6 Å². The van der Waals surface area contributed by atoms with Gasteiger partial charge in [-0.3, -0.25) is 9.59 Å². The van der Waals surface area contributed by atoms with Crippen molar-refractivity contribution in [2.45, 2.75) is 38.0 Å². The van der Waals surface area contributed by atoms with Gasteiger partial charge in [-0.15, -0.1) is 0 Å². The summed E-state index contributed by atoms with van der Waals surface area (Å²) in [6.45, 7) is 1.94. The highest BCUT2D eigenvalue weighted by Gasteiger charge is 2.17. The van der Waals surface area contributed by atoms with Crippen molar-refractivity contribution >= 4 is 11.8 Å². The number of hydrogen-bond donors (Lipinski definition) is 3. The maximum Gasteiger partial charge on any atom is 0.251 e. The van der Waals surface area contributed by atoms with Crippen molar-refractivity contribution in [1.29, 1.82) is 0 Å². The van der Waals surface area contributed by atoms with E-state index in [-0.39, 0.29) is 30.4 Å². The number of carbonyl (C=O) groups excluding carboxylic acids is 2. The SMILES string of the molecule is COC(CN)CC(=O)NCc1cccc(C(=O)NCC2CCCO2)c1. The summed E-state index contributed by atoms with van der Waals surface area (Å²) in [5.74, 6) is -0.267. The van der Waals surface area contributed by atoms with Crippen LogP contribution in [0, 0.1) is 0 Å². The predicted octanol–water partition coefficient (Wildman–Crippen LogP) is 0.575. The van der Waals surface area contributed by atoms with Crippen LogP contribution >= 0.6 is 0 Å². The third-order valence-corrected chi connectivity index (χ3v) is 4.20. The zero-order valence-corrected chi connectivity index (χ0v) is 14.6. The molecule has 0 radical (unpaired) electrons. The van der Waals surface area contributed by atoms with E-state index in [9.17, 15) is 9.59 Å². The Balaban J connectivity index is 1.81. The van der Waals surface area contributed by atoms with Crippen LogP contribution in [0.1, 0.15) is 35.2 Å². The molecule has 0 bridgehead atoms. The number of ether oxygens (including phenoxy) is 2. The van der Waals surface area contributed by atoms with E-state index in [1.54, 1.807) is 18.2 Å². The summed E-state index contributed by atoms with van der Waals surface area (Å²) in [6.07, 6.45) is 2.08. The quantitative estimate of drug-likeness (QED) is 0.605. The molecule has 138 valence electrons. The number of nitrogens with one attached hydrogen (secondary N) is 2. The fourth-order valence-electron chi connectivity index (χ4n) is 2.68. The van der Waals surface area contributed by atoms with E-state index in [0.29, 0.717) is 25.2 Å². The van der Waals surface area contributed by atoms with Crippen LogP contribution in [0.15, 0.2) is 24.3 Å². The highest BCUT2D eigenvalue weighted by Crippen LogP contribution is 2.11. The first-order valence-corrected chi connectivity index (χ1v) is 8.60. The molecule has 2 unspecified atom stereocenters. The second-order valence-corrected chi connectivity index (χ2v) is 6.12. The summed E-state index contributed by atoms with van der Waals surface area (Å²) in [5, 5.41) is 5.71. The first kappa shape index (κ1) is 19.4. The minimum Gasteiger partial charge on any atom is -0.380 e. The average molecular weight is 349 g/mol. The first-order valence-electron chi connectivity index (χ1n) is 8.60. The summed E-state index contributed by atoms with van der Waals surface area (Å²) in [5.41, 5.74) is 6.94. The molecule has 1 heterocycles. The van der Waals surface area contributed by atoms with E-state index < -0.39 is 0 Å². The van der Waals surface area contributed by atoms with Crippen molar-refractivity contribution in [2.24, 2.45) is 5.73 Å². The normalized spacial score (nSPS) is 17.9. The van der Waals surface area contributed by atoms with E-state index in [0.717, 1.165) is 25.0 Å². The maximum absolute atomic E-state index is 12.2. The van der Waals surface area contributed by atoms with Gasteiger partial charge in [0.25, 0.3) is 5.91 Å². The first-order chi connectivity index (χ1) is 12.1. The minimum absolute atomic E-state index is 0.114. The van der Waals surface area contributed by atoms with Gasteiger partial charge in [-0.1, -0.05) is 12.1 Å². The highest BCUT2D eigenvalue weighted by molar-refractivity contribution is 5.94. The summed E-state index contributed by atoms with van der Waals surface area (Å²) in [4.78, 5) is 24.1. The van der Waals surface area contributed by atoms with Crippen molar-refractivity contribution in [3.05, 3.63) is 35.4 Å². The Hall–Kier alpha value is -1.96. The molecule has 2 atom stereocenters. The molecule has 0 saturated carbocycles. The van der Waals surface area contributed by atoms with Crippen LogP contribution in [0.5, 0.6) is 0 Å². The molecular weight excluding hydrogens is 322 g/mol. The van der Waals surface area contributed by atoms with Gasteiger partial charge in [0.2, 0.25) is 5.91 Å². The van der Waals surface area contributed by atoms with E-state index in [4.69, 9.17) is 15.2 Å². The van der Waals surface area contributed by atoms with E-state index in [1.807, 2.05) is 6.07 Å². The molecule has 1 aromatic carbocycles. The van der Waals surface area contributed by atoms with E-state index in [1.165, 1.54) is 7.11 Å². The van der Waals surface area contributed by atoms with Crippen LogP contribution < -0.4 is 16.4 Å². The Labute approximate surface area is 148 Å². The molecule has 1 fully saturated rings. The van der Waals surface area contributed by atoms with Gasteiger partial charge in [-0.05, 0) is 30.5 Å². The molecular formula is C18H27N3O4. The smallest absolute Gasteiger partial charge is 0.251 e. The molecule has 1 aliphatic heterocycles. The molecule has 0 aliphatic carbocycles. The van der Waals surface area contributed by atoms with Gasteiger partial charge in [0.05, 0.1) is 18.6 Å². The van der Waals surface area contributed by atoms with Gasteiger partial charge in [0, 0.05) is 38.9 Å². The van der Waals surface area contributed by atoms with Crippen LogP contribution in [0.2, 0.25) is 0 Å². The van der Waals surface area contributed by atoms with E-state index >= 15 is 0 Å². The van der Waals surface area contributed by atoms with Crippen molar-refractivity contribution in [2.75, 3.05) is 26.8 Å². The van der Waals surface area contributed by atoms with Gasteiger partial charge < -0.3 is 25.8 Å². The zero-order chi connectivity index (χ0) is 18.1. The highest BCUT2D eigenvalue weighted by atomic mass is 16.5. The van der Waals surface area contributed by atoms with E-state index in [2.05, 4.69) is 10.6 Å². The molecule has 2 rings (SSSR count). The van der Waals surface area contributed by atoms with Crippen LogP contribution in [-0.2, 0) is 20.8 Å². The number of carbonyl (C=O) groups is 2. The third-order valence-electron chi connectivity index (χ3n) is 4.20. The summed E-state index contributed by atoms with van der Waals surface area (Å²) >= 11 is 0. The fraction of sp³-hybridized carbons (Fsp3) is 0.556. The lowest BCUT2D eigenvalue weighted by molar-refractivity contribution is -0.123. The second kappa shape index (κ2) is 10.1. The zero-order valence-electron chi connectivity index (χ0n) is 14.6. The Morgan fingerprint density at radius 1 is 1.40 bits per heavy atom.